The van der Waals surface area contributed by atoms with Gasteiger partial charge in [0.05, 0.1) is 23.4 Å². The molecule has 1 saturated heterocycles. The summed E-state index contributed by atoms with van der Waals surface area (Å²) in [5, 5.41) is 6.80. The first-order valence-corrected chi connectivity index (χ1v) is 7.64. The highest BCUT2D eigenvalue weighted by atomic mass is 79.9. The van der Waals surface area contributed by atoms with Crippen LogP contribution in [0, 0.1) is 0 Å². The fourth-order valence-corrected chi connectivity index (χ4v) is 2.54. The number of nitrogens with one attached hydrogen (secondary N) is 1. The number of esters is 1. The van der Waals surface area contributed by atoms with Gasteiger partial charge in [-0.05, 0) is 42.1 Å². The molecule has 7 heteroatoms. The van der Waals surface area contributed by atoms with Crippen molar-refractivity contribution >= 4 is 21.9 Å². The number of H-pyrrole nitrogens is 1. The third-order valence-electron chi connectivity index (χ3n) is 3.04. The third-order valence-corrected chi connectivity index (χ3v) is 3.89. The van der Waals surface area contributed by atoms with Crippen LogP contribution >= 0.6 is 15.9 Å². The first-order valence-electron chi connectivity index (χ1n) is 6.85. The molecule has 0 aromatic carbocycles. The van der Waals surface area contributed by atoms with E-state index in [1.54, 1.807) is 6.92 Å². The van der Waals surface area contributed by atoms with Crippen LogP contribution in [0.4, 0.5) is 0 Å². The molecule has 0 aliphatic carbocycles. The summed E-state index contributed by atoms with van der Waals surface area (Å²) in [7, 11) is 0. The van der Waals surface area contributed by atoms with Gasteiger partial charge >= 0.3 is 5.97 Å². The van der Waals surface area contributed by atoms with Crippen LogP contribution in [0.3, 0.4) is 0 Å². The molecule has 1 aliphatic heterocycles. The van der Waals surface area contributed by atoms with Gasteiger partial charge in [-0.3, -0.25) is 5.10 Å². The van der Waals surface area contributed by atoms with E-state index in [4.69, 9.17) is 14.2 Å². The Balaban J connectivity index is 1.82. The summed E-state index contributed by atoms with van der Waals surface area (Å²) < 4.78 is 16.7. The van der Waals surface area contributed by atoms with E-state index in [-0.39, 0.29) is 12.0 Å². The molecule has 1 N–H and O–H groups in total. The highest BCUT2D eigenvalue weighted by Crippen LogP contribution is 2.21. The Morgan fingerprint density at radius 1 is 1.55 bits per heavy atom. The van der Waals surface area contributed by atoms with Gasteiger partial charge in [0, 0.05) is 13.0 Å². The van der Waals surface area contributed by atoms with Crippen molar-refractivity contribution in [1.82, 2.24) is 10.2 Å². The molecule has 6 nitrogen and oxygen atoms in total. The molecule has 1 aliphatic rings. The maximum absolute atomic E-state index is 11.6. The van der Waals surface area contributed by atoms with Crippen LogP contribution in [0.5, 0.6) is 0 Å². The van der Waals surface area contributed by atoms with Crippen molar-refractivity contribution in [2.75, 3.05) is 19.8 Å². The molecule has 1 aromatic rings. The minimum Gasteiger partial charge on any atom is -0.461 e. The molecule has 112 valence electrons. The zero-order chi connectivity index (χ0) is 14.4. The second kappa shape index (κ2) is 7.75. The predicted molar refractivity (Wildman–Crippen MR) is 75.5 cm³/mol. The lowest BCUT2D eigenvalue weighted by atomic mass is 10.2. The molecule has 1 unspecified atom stereocenters. The van der Waals surface area contributed by atoms with Gasteiger partial charge in [0.2, 0.25) is 0 Å². The van der Waals surface area contributed by atoms with Crippen molar-refractivity contribution < 1.29 is 19.0 Å². The summed E-state index contributed by atoms with van der Waals surface area (Å²) in [6.45, 7) is 3.38. The average Bonchev–Trinajstić information content (AvgIpc) is 2.82. The third kappa shape index (κ3) is 4.04. The number of ether oxygens (including phenoxy) is 3. The first kappa shape index (κ1) is 15.5. The Bertz CT molecular complexity index is 444. The van der Waals surface area contributed by atoms with E-state index in [2.05, 4.69) is 26.1 Å². The fraction of sp³-hybridized carbons (Fsp3) is 0.692. The summed E-state index contributed by atoms with van der Waals surface area (Å²) in [4.78, 5) is 11.6. The summed E-state index contributed by atoms with van der Waals surface area (Å²) >= 11 is 3.37. The molecule has 2 rings (SSSR count). The van der Waals surface area contributed by atoms with Crippen molar-refractivity contribution in [1.29, 1.82) is 0 Å². The molecular formula is C13H19BrN2O4. The van der Waals surface area contributed by atoms with E-state index in [1.807, 2.05) is 0 Å². The molecule has 0 saturated carbocycles. The lowest BCUT2D eigenvalue weighted by Crippen LogP contribution is -2.23. The quantitative estimate of drug-likeness (QED) is 0.800. The number of halogens is 1. The van der Waals surface area contributed by atoms with E-state index < -0.39 is 5.97 Å². The van der Waals surface area contributed by atoms with E-state index in [0.717, 1.165) is 31.6 Å². The number of aromatic nitrogens is 2. The monoisotopic (exact) mass is 346 g/mol. The second-order valence-electron chi connectivity index (χ2n) is 4.50. The molecular weight excluding hydrogens is 328 g/mol. The highest BCUT2D eigenvalue weighted by molar-refractivity contribution is 9.10. The van der Waals surface area contributed by atoms with Gasteiger partial charge in [-0.1, -0.05) is 0 Å². The largest absolute Gasteiger partial charge is 0.461 e. The van der Waals surface area contributed by atoms with Crippen molar-refractivity contribution in [3.8, 4) is 0 Å². The maximum Gasteiger partial charge on any atom is 0.360 e. The smallest absolute Gasteiger partial charge is 0.360 e. The SMILES string of the molecule is CCOC(=O)c1n[nH]c(CCOC2CCCCO2)c1Br. The number of rotatable bonds is 6. The predicted octanol–water partition coefficient (Wildman–Crippen LogP) is 2.43. The normalized spacial score (nSPS) is 19.0. The second-order valence-corrected chi connectivity index (χ2v) is 5.30. The molecule has 2 heterocycles. The zero-order valence-corrected chi connectivity index (χ0v) is 13.1. The van der Waals surface area contributed by atoms with Crippen molar-refractivity contribution in [2.45, 2.75) is 38.9 Å². The molecule has 1 fully saturated rings. The topological polar surface area (TPSA) is 73.4 Å². The fourth-order valence-electron chi connectivity index (χ4n) is 2.00. The molecule has 0 spiro atoms. The van der Waals surface area contributed by atoms with E-state index in [9.17, 15) is 4.79 Å². The average molecular weight is 347 g/mol. The van der Waals surface area contributed by atoms with Gasteiger partial charge < -0.3 is 14.2 Å². The van der Waals surface area contributed by atoms with Gasteiger partial charge in [-0.15, -0.1) is 0 Å². The van der Waals surface area contributed by atoms with Gasteiger partial charge in [0.25, 0.3) is 0 Å². The zero-order valence-electron chi connectivity index (χ0n) is 11.5. The van der Waals surface area contributed by atoms with Crippen LogP contribution in [0.2, 0.25) is 0 Å². The van der Waals surface area contributed by atoms with Crippen LogP contribution < -0.4 is 0 Å². The van der Waals surface area contributed by atoms with E-state index in [0.29, 0.717) is 24.1 Å². The van der Waals surface area contributed by atoms with E-state index >= 15 is 0 Å². The van der Waals surface area contributed by atoms with Gasteiger partial charge in [0.1, 0.15) is 0 Å². The Morgan fingerprint density at radius 3 is 3.10 bits per heavy atom. The van der Waals surface area contributed by atoms with Crippen LogP contribution in [0.15, 0.2) is 4.47 Å². The molecule has 1 aromatic heterocycles. The summed E-state index contributed by atoms with van der Waals surface area (Å²) in [5.74, 6) is -0.432. The number of aromatic amines is 1. The number of hydrogen-bond acceptors (Lipinski definition) is 5. The Labute approximate surface area is 126 Å². The van der Waals surface area contributed by atoms with Crippen molar-refractivity contribution in [2.24, 2.45) is 0 Å². The number of carbonyl (C=O) groups is 1. The maximum atomic E-state index is 11.6. The van der Waals surface area contributed by atoms with Crippen molar-refractivity contribution in [3.05, 3.63) is 15.9 Å². The number of hydrogen-bond donors (Lipinski definition) is 1. The number of carbonyl (C=O) groups excluding carboxylic acids is 1. The standard InChI is InChI=1S/C13H19BrN2O4/c1-2-18-13(17)12-11(14)9(15-16-12)6-8-20-10-5-3-4-7-19-10/h10H,2-8H2,1H3,(H,15,16). The van der Waals surface area contributed by atoms with Gasteiger partial charge in [-0.2, -0.15) is 5.10 Å². The molecule has 0 amide bonds. The van der Waals surface area contributed by atoms with Gasteiger partial charge in [0.15, 0.2) is 12.0 Å². The first-order chi connectivity index (χ1) is 9.72. The Morgan fingerprint density at radius 2 is 2.40 bits per heavy atom. The Kier molecular flexibility index (Phi) is 6.00. The van der Waals surface area contributed by atoms with E-state index in [1.165, 1.54) is 0 Å². The number of nitrogens with zero attached hydrogens (tertiary/aromatic N) is 1. The van der Waals surface area contributed by atoms with Crippen LogP contribution in [-0.4, -0.2) is 42.3 Å². The summed E-state index contributed by atoms with van der Waals surface area (Å²) in [6, 6.07) is 0. The lowest BCUT2D eigenvalue weighted by molar-refractivity contribution is -0.161. The molecule has 0 radical (unpaired) electrons. The summed E-state index contributed by atoms with van der Waals surface area (Å²) in [6.07, 6.45) is 3.72. The summed E-state index contributed by atoms with van der Waals surface area (Å²) in [5.41, 5.74) is 1.10. The molecule has 0 bridgehead atoms. The Hall–Kier alpha value is -0.920. The van der Waals surface area contributed by atoms with Gasteiger partial charge in [-0.25, -0.2) is 4.79 Å². The minimum atomic E-state index is -0.432. The highest BCUT2D eigenvalue weighted by Gasteiger charge is 2.19. The van der Waals surface area contributed by atoms with Crippen LogP contribution in [-0.2, 0) is 20.6 Å². The van der Waals surface area contributed by atoms with Crippen LogP contribution in [0.1, 0.15) is 42.4 Å². The minimum absolute atomic E-state index is 0.102. The van der Waals surface area contributed by atoms with Crippen molar-refractivity contribution in [3.63, 3.8) is 0 Å². The lowest BCUT2D eigenvalue weighted by Gasteiger charge is -2.22. The molecule has 20 heavy (non-hydrogen) atoms. The molecule has 1 atom stereocenters. The van der Waals surface area contributed by atoms with Crippen LogP contribution in [0.25, 0.3) is 0 Å².